The lowest BCUT2D eigenvalue weighted by Crippen LogP contribution is -2.21. The molecule has 0 aliphatic carbocycles. The van der Waals surface area contributed by atoms with Gasteiger partial charge in [0, 0.05) is 5.69 Å². The van der Waals surface area contributed by atoms with Gasteiger partial charge in [-0.05, 0) is 67.5 Å². The smallest absolute Gasteiger partial charge is 0.262 e. The third-order valence-corrected chi connectivity index (χ3v) is 7.31. The Labute approximate surface area is 164 Å². The van der Waals surface area contributed by atoms with Crippen LogP contribution in [0.5, 0.6) is 5.75 Å². The Kier molecular flexibility index (Phi) is 6.54. The van der Waals surface area contributed by atoms with E-state index in [0.717, 1.165) is 22.6 Å². The molecule has 1 amide bonds. The molecule has 0 unspecified atom stereocenters. The van der Waals surface area contributed by atoms with Crippen LogP contribution in [0.1, 0.15) is 33.3 Å². The van der Waals surface area contributed by atoms with Crippen LogP contribution in [0.4, 0.5) is 5.69 Å². The van der Waals surface area contributed by atoms with Gasteiger partial charge in [-0.1, -0.05) is 29.8 Å². The van der Waals surface area contributed by atoms with Gasteiger partial charge in [-0.3, -0.25) is 4.79 Å². The maximum Gasteiger partial charge on any atom is 0.262 e. The molecule has 0 saturated carbocycles. The van der Waals surface area contributed by atoms with E-state index in [9.17, 15) is 4.79 Å². The Hall–Kier alpha value is -1.59. The average Bonchev–Trinajstić information content (AvgIpc) is 2.64. The Morgan fingerprint density at radius 3 is 2.31 bits per heavy atom. The highest BCUT2D eigenvalue weighted by Gasteiger charge is 2.16. The van der Waals surface area contributed by atoms with E-state index in [4.69, 9.17) is 4.74 Å². The van der Waals surface area contributed by atoms with Crippen LogP contribution in [0.3, 0.4) is 0 Å². The van der Waals surface area contributed by atoms with E-state index in [-0.39, 0.29) is 12.5 Å². The molecule has 1 heterocycles. The summed E-state index contributed by atoms with van der Waals surface area (Å²) >= 11 is 4.01. The molecule has 1 N–H and O–H groups in total. The molecule has 0 radical (unpaired) electrons. The third kappa shape index (κ3) is 4.98. The Morgan fingerprint density at radius 2 is 1.69 bits per heavy atom. The van der Waals surface area contributed by atoms with E-state index in [2.05, 4.69) is 36.5 Å². The quantitative estimate of drug-likeness (QED) is 0.735. The van der Waals surface area contributed by atoms with Gasteiger partial charge >= 0.3 is 0 Å². The van der Waals surface area contributed by atoms with Crippen molar-refractivity contribution in [3.8, 4) is 5.75 Å². The van der Waals surface area contributed by atoms with Gasteiger partial charge in [0.1, 0.15) is 5.75 Å². The van der Waals surface area contributed by atoms with Gasteiger partial charge in [0.15, 0.2) is 6.61 Å². The number of thioether (sulfide) groups is 2. The summed E-state index contributed by atoms with van der Waals surface area (Å²) in [6.07, 6.45) is 1.29. The predicted octanol–water partition coefficient (Wildman–Crippen LogP) is 5.50. The van der Waals surface area contributed by atoms with E-state index in [1.807, 2.05) is 49.5 Å². The van der Waals surface area contributed by atoms with Gasteiger partial charge in [-0.25, -0.2) is 0 Å². The fraction of sp³-hybridized carbons (Fsp3) is 0.381. The molecule has 0 atom stereocenters. The van der Waals surface area contributed by atoms with Crippen molar-refractivity contribution in [1.82, 2.24) is 0 Å². The summed E-state index contributed by atoms with van der Waals surface area (Å²) in [6.45, 7) is 6.09. The van der Waals surface area contributed by atoms with Crippen LogP contribution >= 0.6 is 23.5 Å². The van der Waals surface area contributed by atoms with E-state index in [1.54, 1.807) is 0 Å². The maximum atomic E-state index is 12.2. The maximum absolute atomic E-state index is 12.2. The van der Waals surface area contributed by atoms with E-state index in [1.165, 1.54) is 29.1 Å². The number of hydrogen-bond acceptors (Lipinski definition) is 4. The molecule has 5 heteroatoms. The normalized spacial score (nSPS) is 14.9. The molecule has 0 spiro atoms. The average molecular weight is 388 g/mol. The van der Waals surface area contributed by atoms with Crippen molar-refractivity contribution in [2.24, 2.45) is 0 Å². The van der Waals surface area contributed by atoms with Crippen LogP contribution in [0.2, 0.25) is 0 Å². The molecular weight excluding hydrogens is 362 g/mol. The number of benzene rings is 2. The van der Waals surface area contributed by atoms with Crippen LogP contribution in [0, 0.1) is 20.8 Å². The highest BCUT2D eigenvalue weighted by molar-refractivity contribution is 8.16. The monoisotopic (exact) mass is 387 g/mol. The van der Waals surface area contributed by atoms with E-state index >= 15 is 0 Å². The predicted molar refractivity (Wildman–Crippen MR) is 113 cm³/mol. The molecule has 1 aliphatic rings. The fourth-order valence-electron chi connectivity index (χ4n) is 3.10. The number of anilines is 1. The second-order valence-corrected chi connectivity index (χ2v) is 9.33. The Bertz CT molecular complexity index is 745. The first-order chi connectivity index (χ1) is 12.5. The second kappa shape index (κ2) is 8.87. The van der Waals surface area contributed by atoms with Crippen molar-refractivity contribution in [1.29, 1.82) is 0 Å². The number of carbonyl (C=O) groups excluding carboxylic acids is 1. The molecule has 26 heavy (non-hydrogen) atoms. The molecule has 2 aromatic rings. The first-order valence-corrected chi connectivity index (χ1v) is 11.0. The Morgan fingerprint density at radius 1 is 1.08 bits per heavy atom. The van der Waals surface area contributed by atoms with Gasteiger partial charge in [0.05, 0.1) is 4.58 Å². The number of aryl methyl sites for hydroxylation is 3. The van der Waals surface area contributed by atoms with E-state index < -0.39 is 0 Å². The minimum atomic E-state index is -0.137. The summed E-state index contributed by atoms with van der Waals surface area (Å²) in [5, 5.41) is 2.97. The summed E-state index contributed by atoms with van der Waals surface area (Å²) < 4.78 is 6.18. The molecule has 3 rings (SSSR count). The Balaban J connectivity index is 1.54. The lowest BCUT2D eigenvalue weighted by atomic mass is 10.1. The van der Waals surface area contributed by atoms with E-state index in [0.29, 0.717) is 4.58 Å². The number of rotatable bonds is 5. The van der Waals surface area contributed by atoms with Gasteiger partial charge in [0.2, 0.25) is 0 Å². The molecule has 1 fully saturated rings. The first kappa shape index (κ1) is 19.2. The second-order valence-electron chi connectivity index (χ2n) is 6.61. The molecule has 138 valence electrons. The SMILES string of the molecule is Cc1cc(C)c(NC(=O)COc2ccc(C3SCCCS3)cc2)c(C)c1. The first-order valence-electron chi connectivity index (χ1n) is 8.86. The van der Waals surface area contributed by atoms with Gasteiger partial charge in [0.25, 0.3) is 5.91 Å². The van der Waals surface area contributed by atoms with Crippen LogP contribution in [0.25, 0.3) is 0 Å². The molecule has 2 aromatic carbocycles. The number of amides is 1. The third-order valence-electron chi connectivity index (χ3n) is 4.29. The van der Waals surface area contributed by atoms with Crippen molar-refractivity contribution in [3.05, 3.63) is 58.7 Å². The molecule has 0 aromatic heterocycles. The minimum absolute atomic E-state index is 0.0129. The van der Waals surface area contributed by atoms with Crippen LogP contribution in [-0.4, -0.2) is 24.0 Å². The van der Waals surface area contributed by atoms with Gasteiger partial charge in [-0.15, -0.1) is 23.5 Å². The van der Waals surface area contributed by atoms with Crippen molar-refractivity contribution in [2.45, 2.75) is 31.8 Å². The largest absolute Gasteiger partial charge is 0.484 e. The zero-order chi connectivity index (χ0) is 18.5. The number of carbonyl (C=O) groups is 1. The van der Waals surface area contributed by atoms with Crippen molar-refractivity contribution >= 4 is 35.1 Å². The number of nitrogens with one attached hydrogen (secondary N) is 1. The zero-order valence-electron chi connectivity index (χ0n) is 15.5. The standard InChI is InChI=1S/C21H25NO2S2/c1-14-11-15(2)20(16(3)12-14)22-19(23)13-24-18-7-5-17(6-8-18)21-25-9-4-10-26-21/h5-8,11-12,21H,4,9-10,13H2,1-3H3,(H,22,23). The fourth-order valence-corrected chi connectivity index (χ4v) is 6.00. The minimum Gasteiger partial charge on any atom is -0.484 e. The van der Waals surface area contributed by atoms with Gasteiger partial charge < -0.3 is 10.1 Å². The van der Waals surface area contributed by atoms with Crippen LogP contribution in [0.15, 0.2) is 36.4 Å². The van der Waals surface area contributed by atoms with Gasteiger partial charge in [-0.2, -0.15) is 0 Å². The number of ether oxygens (including phenoxy) is 1. The zero-order valence-corrected chi connectivity index (χ0v) is 17.1. The summed E-state index contributed by atoms with van der Waals surface area (Å²) in [6, 6.07) is 12.3. The summed E-state index contributed by atoms with van der Waals surface area (Å²) in [5.41, 5.74) is 5.54. The van der Waals surface area contributed by atoms with Crippen LogP contribution < -0.4 is 10.1 Å². The van der Waals surface area contributed by atoms with Crippen molar-refractivity contribution in [3.63, 3.8) is 0 Å². The summed E-state index contributed by atoms with van der Waals surface area (Å²) in [7, 11) is 0. The highest BCUT2D eigenvalue weighted by Crippen LogP contribution is 2.43. The summed E-state index contributed by atoms with van der Waals surface area (Å²) in [4.78, 5) is 12.2. The molecule has 3 nitrogen and oxygen atoms in total. The van der Waals surface area contributed by atoms with Crippen molar-refractivity contribution in [2.75, 3.05) is 23.4 Å². The molecule has 1 aliphatic heterocycles. The number of hydrogen-bond donors (Lipinski definition) is 1. The highest BCUT2D eigenvalue weighted by atomic mass is 32.2. The van der Waals surface area contributed by atoms with Crippen LogP contribution in [-0.2, 0) is 4.79 Å². The summed E-state index contributed by atoms with van der Waals surface area (Å²) in [5.74, 6) is 3.05. The lowest BCUT2D eigenvalue weighted by Gasteiger charge is -2.21. The molecular formula is C21H25NO2S2. The molecule has 0 bridgehead atoms. The topological polar surface area (TPSA) is 38.3 Å². The lowest BCUT2D eigenvalue weighted by molar-refractivity contribution is -0.118. The molecule has 1 saturated heterocycles. The van der Waals surface area contributed by atoms with Crippen molar-refractivity contribution < 1.29 is 9.53 Å².